The first-order valence-electron chi connectivity index (χ1n) is 10.1. The summed E-state index contributed by atoms with van der Waals surface area (Å²) in [5, 5.41) is 2.64. The lowest BCUT2D eigenvalue weighted by molar-refractivity contribution is -0.134. The predicted molar refractivity (Wildman–Crippen MR) is 128 cm³/mol. The number of thioether (sulfide) groups is 1. The van der Waals surface area contributed by atoms with Gasteiger partial charge in [0.25, 0.3) is 11.8 Å². The number of rotatable bonds is 7. The third-order valence-corrected chi connectivity index (χ3v) is 7.07. The minimum atomic E-state index is -0.0914. The molecule has 2 heterocycles. The molecule has 3 aromatic rings. The van der Waals surface area contributed by atoms with Gasteiger partial charge in [-0.05, 0) is 36.4 Å². The van der Waals surface area contributed by atoms with Crippen molar-refractivity contribution >= 4 is 46.5 Å². The number of carbonyl (C=O) groups excluding carboxylic acids is 2. The van der Waals surface area contributed by atoms with Crippen LogP contribution in [0.15, 0.2) is 64.3 Å². The Bertz CT molecular complexity index is 1050. The number of hydrogen-bond donors (Lipinski definition) is 0. The molecule has 1 aliphatic heterocycles. The summed E-state index contributed by atoms with van der Waals surface area (Å²) < 4.78 is 5.56. The van der Waals surface area contributed by atoms with Gasteiger partial charge in [-0.15, -0.1) is 23.1 Å². The van der Waals surface area contributed by atoms with E-state index in [9.17, 15) is 9.59 Å². The summed E-state index contributed by atoms with van der Waals surface area (Å²) in [5.41, 5.74) is 3.52. The van der Waals surface area contributed by atoms with E-state index < -0.39 is 0 Å². The summed E-state index contributed by atoms with van der Waals surface area (Å²) in [5.74, 6) is 1.23. The van der Waals surface area contributed by atoms with Crippen molar-refractivity contribution in [3.63, 3.8) is 0 Å². The Kier molecular flexibility index (Phi) is 7.68. The number of carbonyl (C=O) groups is 2. The van der Waals surface area contributed by atoms with Crippen LogP contribution in [0.2, 0.25) is 5.02 Å². The maximum Gasteiger partial charge on any atom is 0.260 e. The van der Waals surface area contributed by atoms with E-state index in [1.54, 1.807) is 52.3 Å². The molecule has 0 N–H and O–H groups in total. The van der Waals surface area contributed by atoms with E-state index in [0.29, 0.717) is 42.5 Å². The van der Waals surface area contributed by atoms with Crippen LogP contribution >= 0.6 is 34.7 Å². The van der Waals surface area contributed by atoms with E-state index in [-0.39, 0.29) is 18.4 Å². The molecule has 9 heteroatoms. The lowest BCUT2D eigenvalue weighted by atomic mass is 10.2. The van der Waals surface area contributed by atoms with Gasteiger partial charge in [0.05, 0.1) is 16.8 Å². The average molecular weight is 488 g/mol. The van der Waals surface area contributed by atoms with Gasteiger partial charge >= 0.3 is 0 Å². The molecule has 0 spiro atoms. The molecule has 1 aromatic heterocycles. The number of ether oxygens (including phenoxy) is 1. The van der Waals surface area contributed by atoms with E-state index in [0.717, 1.165) is 16.3 Å². The molecule has 0 aliphatic carbocycles. The Labute approximate surface area is 200 Å². The van der Waals surface area contributed by atoms with E-state index >= 15 is 0 Å². The van der Waals surface area contributed by atoms with Gasteiger partial charge in [-0.2, -0.15) is 0 Å². The van der Waals surface area contributed by atoms with Gasteiger partial charge in [0, 0.05) is 47.2 Å². The number of aromatic nitrogens is 1. The van der Waals surface area contributed by atoms with Crippen LogP contribution < -0.4 is 4.74 Å². The van der Waals surface area contributed by atoms with E-state index in [4.69, 9.17) is 16.3 Å². The third kappa shape index (κ3) is 5.82. The highest BCUT2D eigenvalue weighted by Crippen LogP contribution is 2.27. The standard InChI is InChI=1S/C23H22ClN3O3S2/c24-17-5-7-19(8-6-17)30-13-22(28)26-9-11-27(12-10-26)23(29)20-3-1-2-4-21(20)32-15-18-14-31-16-25-18/h1-8,14,16H,9-13,15H2. The van der Waals surface area contributed by atoms with Crippen molar-refractivity contribution in [2.45, 2.75) is 10.6 Å². The van der Waals surface area contributed by atoms with Crippen LogP contribution in [0.25, 0.3) is 0 Å². The van der Waals surface area contributed by atoms with Crippen LogP contribution in [0.5, 0.6) is 5.75 Å². The fourth-order valence-corrected chi connectivity index (χ4v) is 5.06. The van der Waals surface area contributed by atoms with E-state index in [1.807, 2.05) is 40.1 Å². The second-order valence-corrected chi connectivity index (χ2v) is 9.35. The Balaban J connectivity index is 1.29. The minimum Gasteiger partial charge on any atom is -0.484 e. The molecule has 0 radical (unpaired) electrons. The molecule has 6 nitrogen and oxygen atoms in total. The minimum absolute atomic E-state index is 0.00380. The van der Waals surface area contributed by atoms with Gasteiger partial charge in [-0.25, -0.2) is 4.98 Å². The molecule has 2 aromatic carbocycles. The van der Waals surface area contributed by atoms with Gasteiger partial charge < -0.3 is 14.5 Å². The van der Waals surface area contributed by atoms with Crippen molar-refractivity contribution in [3.05, 3.63) is 75.7 Å². The Morgan fingerprint density at radius 1 is 1.03 bits per heavy atom. The summed E-state index contributed by atoms with van der Waals surface area (Å²) in [6.07, 6.45) is 0. The Hall–Kier alpha value is -2.55. The number of hydrogen-bond acceptors (Lipinski definition) is 6. The Morgan fingerprint density at radius 3 is 2.47 bits per heavy atom. The molecule has 1 aliphatic rings. The van der Waals surface area contributed by atoms with Gasteiger partial charge in [0.2, 0.25) is 0 Å². The van der Waals surface area contributed by atoms with Crippen molar-refractivity contribution in [3.8, 4) is 5.75 Å². The maximum atomic E-state index is 13.2. The lowest BCUT2D eigenvalue weighted by Crippen LogP contribution is -2.51. The summed E-state index contributed by atoms with van der Waals surface area (Å²) in [6, 6.07) is 14.6. The van der Waals surface area contributed by atoms with Crippen molar-refractivity contribution in [2.75, 3.05) is 32.8 Å². The van der Waals surface area contributed by atoms with Crippen molar-refractivity contribution < 1.29 is 14.3 Å². The monoisotopic (exact) mass is 487 g/mol. The molecule has 166 valence electrons. The molecular formula is C23H22ClN3O3S2. The SMILES string of the molecule is O=C(COc1ccc(Cl)cc1)N1CCN(C(=O)c2ccccc2SCc2cscn2)CC1. The first-order chi connectivity index (χ1) is 15.6. The molecule has 1 saturated heterocycles. The average Bonchev–Trinajstić information content (AvgIpc) is 3.36. The fourth-order valence-electron chi connectivity index (χ4n) is 3.33. The van der Waals surface area contributed by atoms with Crippen molar-refractivity contribution in [1.29, 1.82) is 0 Å². The molecule has 0 bridgehead atoms. The first-order valence-corrected chi connectivity index (χ1v) is 12.4. The molecule has 4 rings (SSSR count). The van der Waals surface area contributed by atoms with Crippen LogP contribution in [-0.4, -0.2) is 59.4 Å². The Morgan fingerprint density at radius 2 is 1.75 bits per heavy atom. The molecule has 1 fully saturated rings. The summed E-state index contributed by atoms with van der Waals surface area (Å²) in [6.45, 7) is 1.93. The molecule has 0 unspecified atom stereocenters. The number of piperazine rings is 1. The highest BCUT2D eigenvalue weighted by molar-refractivity contribution is 7.98. The van der Waals surface area contributed by atoms with Crippen LogP contribution in [0, 0.1) is 0 Å². The summed E-state index contributed by atoms with van der Waals surface area (Å²) in [4.78, 5) is 34.5. The fraction of sp³-hybridized carbons (Fsp3) is 0.261. The van der Waals surface area contributed by atoms with Crippen LogP contribution in [-0.2, 0) is 10.5 Å². The smallest absolute Gasteiger partial charge is 0.260 e. The second kappa shape index (κ2) is 10.8. The zero-order chi connectivity index (χ0) is 22.3. The van der Waals surface area contributed by atoms with Gasteiger partial charge in [-0.3, -0.25) is 9.59 Å². The summed E-state index contributed by atoms with van der Waals surface area (Å²) in [7, 11) is 0. The predicted octanol–water partition coefficient (Wildman–Crippen LogP) is 4.45. The normalized spacial score (nSPS) is 13.8. The van der Waals surface area contributed by atoms with Gasteiger partial charge in [0.1, 0.15) is 5.75 Å². The number of thiazole rings is 1. The lowest BCUT2D eigenvalue weighted by Gasteiger charge is -2.35. The largest absolute Gasteiger partial charge is 0.484 e. The van der Waals surface area contributed by atoms with Crippen LogP contribution in [0.3, 0.4) is 0 Å². The number of benzene rings is 2. The van der Waals surface area contributed by atoms with Gasteiger partial charge in [-0.1, -0.05) is 23.7 Å². The molecule has 0 atom stereocenters. The highest BCUT2D eigenvalue weighted by Gasteiger charge is 2.26. The molecule has 32 heavy (non-hydrogen) atoms. The topological polar surface area (TPSA) is 62.7 Å². The quantitative estimate of drug-likeness (QED) is 0.461. The third-order valence-electron chi connectivity index (χ3n) is 5.07. The van der Waals surface area contributed by atoms with Crippen molar-refractivity contribution in [1.82, 2.24) is 14.8 Å². The molecule has 0 saturated carbocycles. The number of nitrogens with zero attached hydrogens (tertiary/aromatic N) is 3. The maximum absolute atomic E-state index is 13.2. The zero-order valence-corrected chi connectivity index (χ0v) is 19.7. The van der Waals surface area contributed by atoms with Crippen LogP contribution in [0.1, 0.15) is 16.1 Å². The summed E-state index contributed by atoms with van der Waals surface area (Å²) >= 11 is 9.05. The first kappa shape index (κ1) is 22.6. The molecule has 2 amide bonds. The zero-order valence-electron chi connectivity index (χ0n) is 17.3. The highest BCUT2D eigenvalue weighted by atomic mass is 35.5. The van der Waals surface area contributed by atoms with Crippen LogP contribution in [0.4, 0.5) is 0 Å². The van der Waals surface area contributed by atoms with E-state index in [1.165, 1.54) is 0 Å². The molecular weight excluding hydrogens is 466 g/mol. The van der Waals surface area contributed by atoms with E-state index in [2.05, 4.69) is 4.98 Å². The number of halogens is 1. The second-order valence-electron chi connectivity index (χ2n) is 7.18. The number of amides is 2. The van der Waals surface area contributed by atoms with Crippen molar-refractivity contribution in [2.24, 2.45) is 0 Å². The van der Waals surface area contributed by atoms with Gasteiger partial charge in [0.15, 0.2) is 6.61 Å².